The van der Waals surface area contributed by atoms with Gasteiger partial charge in [-0.1, -0.05) is 55.4 Å². The van der Waals surface area contributed by atoms with Gasteiger partial charge in [-0.2, -0.15) is 0 Å². The summed E-state index contributed by atoms with van der Waals surface area (Å²) in [6.07, 6.45) is 1.68. The van der Waals surface area contributed by atoms with Crippen molar-refractivity contribution in [2.24, 2.45) is 5.16 Å². The number of carbonyl (C=O) groups excluding carboxylic acids is 1. The maximum absolute atomic E-state index is 12.1. The second-order valence-electron chi connectivity index (χ2n) is 6.46. The van der Waals surface area contributed by atoms with Crippen molar-refractivity contribution in [2.75, 3.05) is 0 Å². The molecule has 0 spiro atoms. The summed E-state index contributed by atoms with van der Waals surface area (Å²) in [4.78, 5) is 27.6. The molecule has 0 unspecified atom stereocenters. The van der Waals surface area contributed by atoms with Crippen LogP contribution in [0.3, 0.4) is 0 Å². The van der Waals surface area contributed by atoms with E-state index in [1.807, 2.05) is 24.3 Å². The molecule has 0 saturated carbocycles. The molecule has 0 aromatic heterocycles. The molecule has 1 aliphatic heterocycles. The summed E-state index contributed by atoms with van der Waals surface area (Å²) in [7, 11) is 0. The Labute approximate surface area is 150 Å². The lowest BCUT2D eigenvalue weighted by atomic mass is 9.97. The van der Waals surface area contributed by atoms with Crippen molar-refractivity contribution < 1.29 is 14.6 Å². The van der Waals surface area contributed by atoms with Crippen LogP contribution in [0.1, 0.15) is 42.0 Å². The molecule has 132 valence electrons. The van der Waals surface area contributed by atoms with Crippen LogP contribution in [-0.4, -0.2) is 16.6 Å². The minimum atomic E-state index is -0.573. The Morgan fingerprint density at radius 3 is 2.46 bits per heavy atom. The fourth-order valence-corrected chi connectivity index (χ4v) is 2.71. The van der Waals surface area contributed by atoms with Crippen molar-refractivity contribution >= 4 is 23.4 Å². The van der Waals surface area contributed by atoms with Gasteiger partial charge in [0.25, 0.3) is 5.69 Å². The predicted molar refractivity (Wildman–Crippen MR) is 99.0 cm³/mol. The molecule has 0 N–H and O–H groups in total. The number of benzene rings is 2. The minimum absolute atomic E-state index is 0.0230. The third-order valence-corrected chi connectivity index (χ3v) is 4.29. The second-order valence-corrected chi connectivity index (χ2v) is 6.46. The highest BCUT2D eigenvalue weighted by Crippen LogP contribution is 2.26. The molecule has 6 heteroatoms. The van der Waals surface area contributed by atoms with Gasteiger partial charge < -0.3 is 4.84 Å². The summed E-state index contributed by atoms with van der Waals surface area (Å²) in [5.74, 6) is -0.158. The zero-order valence-electron chi connectivity index (χ0n) is 14.7. The monoisotopic (exact) mass is 350 g/mol. The second kappa shape index (κ2) is 6.92. The number of hydrogen-bond donors (Lipinski definition) is 0. The molecule has 0 saturated heterocycles. The van der Waals surface area contributed by atoms with Gasteiger partial charge in [-0.15, -0.1) is 0 Å². The van der Waals surface area contributed by atoms with Crippen LogP contribution in [0.4, 0.5) is 5.69 Å². The van der Waals surface area contributed by atoms with Gasteiger partial charge in [-0.25, -0.2) is 4.79 Å². The van der Waals surface area contributed by atoms with E-state index in [2.05, 4.69) is 19.0 Å². The highest BCUT2D eigenvalue weighted by molar-refractivity contribution is 6.31. The number of aryl methyl sites for hydroxylation is 1. The summed E-state index contributed by atoms with van der Waals surface area (Å²) < 4.78 is 0. The van der Waals surface area contributed by atoms with Gasteiger partial charge in [0.1, 0.15) is 5.71 Å². The number of nitrogens with zero attached hydrogens (tertiary/aromatic N) is 2. The zero-order chi connectivity index (χ0) is 18.8. The van der Waals surface area contributed by atoms with Crippen molar-refractivity contribution in [1.29, 1.82) is 0 Å². The number of carbonyl (C=O) groups is 1. The van der Waals surface area contributed by atoms with Crippen LogP contribution in [0.15, 0.2) is 53.2 Å². The Bertz CT molecular complexity index is 941. The molecule has 26 heavy (non-hydrogen) atoms. The van der Waals surface area contributed by atoms with Gasteiger partial charge in [0.15, 0.2) is 0 Å². The third-order valence-electron chi connectivity index (χ3n) is 4.29. The average Bonchev–Trinajstić information content (AvgIpc) is 2.96. The molecule has 2 aromatic carbocycles. The average molecular weight is 350 g/mol. The fourth-order valence-electron chi connectivity index (χ4n) is 2.71. The van der Waals surface area contributed by atoms with Crippen molar-refractivity contribution in [2.45, 2.75) is 26.7 Å². The first-order chi connectivity index (χ1) is 12.4. The Kier molecular flexibility index (Phi) is 4.67. The number of rotatable bonds is 4. The molecule has 6 nitrogen and oxygen atoms in total. The summed E-state index contributed by atoms with van der Waals surface area (Å²) in [6.45, 7) is 5.88. The van der Waals surface area contributed by atoms with Crippen molar-refractivity contribution in [3.8, 4) is 0 Å². The molecule has 0 bridgehead atoms. The van der Waals surface area contributed by atoms with Crippen LogP contribution < -0.4 is 0 Å². The Balaban J connectivity index is 1.99. The van der Waals surface area contributed by atoms with Gasteiger partial charge in [0.2, 0.25) is 0 Å². The summed E-state index contributed by atoms with van der Waals surface area (Å²) >= 11 is 0. The van der Waals surface area contributed by atoms with Gasteiger partial charge in [-0.05, 0) is 30.0 Å². The lowest BCUT2D eigenvalue weighted by Gasteiger charge is -2.06. The van der Waals surface area contributed by atoms with E-state index < -0.39 is 10.9 Å². The van der Waals surface area contributed by atoms with Crippen LogP contribution >= 0.6 is 0 Å². The van der Waals surface area contributed by atoms with Crippen LogP contribution in [0.5, 0.6) is 0 Å². The SMILES string of the molecule is Cc1ccc(C2=NOC(=O)/C2=C\c2ccc(C(C)C)cc2)cc1[N+](=O)[O-]. The molecule has 1 heterocycles. The molecular weight excluding hydrogens is 332 g/mol. The molecule has 3 rings (SSSR count). The molecule has 2 aromatic rings. The summed E-state index contributed by atoms with van der Waals surface area (Å²) in [5.41, 5.74) is 3.59. The molecule has 0 amide bonds. The van der Waals surface area contributed by atoms with Gasteiger partial charge >= 0.3 is 5.97 Å². The van der Waals surface area contributed by atoms with E-state index in [9.17, 15) is 14.9 Å². The maximum Gasteiger partial charge on any atom is 0.368 e. The van der Waals surface area contributed by atoms with Gasteiger partial charge in [0, 0.05) is 17.2 Å². The smallest absolute Gasteiger partial charge is 0.312 e. The Hall–Kier alpha value is -3.28. The summed E-state index contributed by atoms with van der Waals surface area (Å²) in [6, 6.07) is 12.6. The standard InChI is InChI=1S/C20H18N2O4/c1-12(2)15-8-5-14(6-9-15)10-17-19(21-26-20(17)23)16-7-4-13(3)18(11-16)22(24)25/h4-12H,1-3H3/b17-10-. The summed E-state index contributed by atoms with van der Waals surface area (Å²) in [5, 5.41) is 15.0. The zero-order valence-corrected chi connectivity index (χ0v) is 14.7. The predicted octanol–water partition coefficient (Wildman–Crippen LogP) is 4.37. The molecular formula is C20H18N2O4. The number of oxime groups is 1. The lowest BCUT2D eigenvalue weighted by Crippen LogP contribution is -2.07. The maximum atomic E-state index is 12.1. The van der Waals surface area contributed by atoms with E-state index in [1.165, 1.54) is 11.6 Å². The molecule has 0 atom stereocenters. The van der Waals surface area contributed by atoms with E-state index in [0.29, 0.717) is 22.8 Å². The number of nitro benzene ring substituents is 1. The van der Waals surface area contributed by atoms with E-state index >= 15 is 0 Å². The minimum Gasteiger partial charge on any atom is -0.312 e. The van der Waals surface area contributed by atoms with Gasteiger partial charge in [0.05, 0.1) is 10.5 Å². The molecule has 1 aliphatic rings. The number of hydrogen-bond acceptors (Lipinski definition) is 5. The Morgan fingerprint density at radius 1 is 1.15 bits per heavy atom. The quantitative estimate of drug-likeness (QED) is 0.355. The topological polar surface area (TPSA) is 81.8 Å². The lowest BCUT2D eigenvalue weighted by molar-refractivity contribution is -0.385. The molecule has 0 aliphatic carbocycles. The van der Waals surface area contributed by atoms with Crippen LogP contribution in [-0.2, 0) is 9.63 Å². The van der Waals surface area contributed by atoms with Crippen LogP contribution in [0, 0.1) is 17.0 Å². The fraction of sp³-hybridized carbons (Fsp3) is 0.200. The normalized spacial score (nSPS) is 15.3. The first kappa shape index (κ1) is 17.5. The largest absolute Gasteiger partial charge is 0.368 e. The van der Waals surface area contributed by atoms with Crippen LogP contribution in [0.25, 0.3) is 6.08 Å². The third kappa shape index (κ3) is 3.39. The Morgan fingerprint density at radius 2 is 1.85 bits per heavy atom. The van der Waals surface area contributed by atoms with E-state index in [-0.39, 0.29) is 11.3 Å². The van der Waals surface area contributed by atoms with E-state index in [1.54, 1.807) is 25.1 Å². The highest BCUT2D eigenvalue weighted by Gasteiger charge is 2.28. The van der Waals surface area contributed by atoms with Gasteiger partial charge in [-0.3, -0.25) is 10.1 Å². The molecule has 0 fully saturated rings. The van der Waals surface area contributed by atoms with Crippen molar-refractivity contribution in [1.82, 2.24) is 0 Å². The van der Waals surface area contributed by atoms with Crippen molar-refractivity contribution in [3.05, 3.63) is 80.4 Å². The molecule has 0 radical (unpaired) electrons. The van der Waals surface area contributed by atoms with Crippen molar-refractivity contribution in [3.63, 3.8) is 0 Å². The van der Waals surface area contributed by atoms with E-state index in [4.69, 9.17) is 4.84 Å². The first-order valence-electron chi connectivity index (χ1n) is 8.23. The first-order valence-corrected chi connectivity index (χ1v) is 8.23. The van der Waals surface area contributed by atoms with Crippen LogP contribution in [0.2, 0.25) is 0 Å². The number of nitro groups is 1. The highest BCUT2D eigenvalue weighted by atomic mass is 16.7. The van der Waals surface area contributed by atoms with E-state index in [0.717, 1.165) is 5.56 Å².